The van der Waals surface area contributed by atoms with Gasteiger partial charge in [0.15, 0.2) is 0 Å². The molecule has 19 heavy (non-hydrogen) atoms. The lowest BCUT2D eigenvalue weighted by Gasteiger charge is -2.34. The smallest absolute Gasteiger partial charge is 0.234 e. The summed E-state index contributed by atoms with van der Waals surface area (Å²) in [6.45, 7) is 10.2. The summed E-state index contributed by atoms with van der Waals surface area (Å²) in [5.74, 6) is 0.195. The Labute approximate surface area is 118 Å². The molecule has 0 aromatic rings. The summed E-state index contributed by atoms with van der Waals surface area (Å²) in [5, 5.41) is 6.54. The molecule has 0 aromatic carbocycles. The van der Waals surface area contributed by atoms with Crippen molar-refractivity contribution in [2.45, 2.75) is 65.0 Å². The maximum atomic E-state index is 12.1. The molecule has 0 unspecified atom stereocenters. The molecule has 0 aliphatic carbocycles. The van der Waals surface area contributed by atoms with Crippen LogP contribution in [0.5, 0.6) is 0 Å². The molecule has 4 nitrogen and oxygen atoms in total. The Bertz CT molecular complexity index is 248. The van der Waals surface area contributed by atoms with E-state index in [9.17, 15) is 4.79 Å². The molecule has 0 aromatic heterocycles. The van der Waals surface area contributed by atoms with E-state index >= 15 is 0 Å². The molecule has 1 heterocycles. The number of rotatable bonds is 8. The summed E-state index contributed by atoms with van der Waals surface area (Å²) < 4.78 is 0. The molecule has 0 spiro atoms. The molecule has 1 amide bonds. The van der Waals surface area contributed by atoms with Gasteiger partial charge < -0.3 is 10.6 Å². The van der Waals surface area contributed by atoms with Crippen LogP contribution in [-0.2, 0) is 4.79 Å². The van der Waals surface area contributed by atoms with Crippen molar-refractivity contribution in [1.29, 1.82) is 0 Å². The average Bonchev–Trinajstić information content (AvgIpc) is 2.45. The highest BCUT2D eigenvalue weighted by atomic mass is 16.2. The predicted octanol–water partition coefficient (Wildman–Crippen LogP) is 1.76. The van der Waals surface area contributed by atoms with E-state index < -0.39 is 0 Å². The number of hydrogen-bond donors (Lipinski definition) is 2. The van der Waals surface area contributed by atoms with Gasteiger partial charge in [-0.1, -0.05) is 20.8 Å². The van der Waals surface area contributed by atoms with Crippen molar-refractivity contribution in [1.82, 2.24) is 15.5 Å². The lowest BCUT2D eigenvalue weighted by Crippen LogP contribution is -2.48. The minimum absolute atomic E-state index is 0.195. The molecule has 0 bridgehead atoms. The van der Waals surface area contributed by atoms with Gasteiger partial charge >= 0.3 is 0 Å². The third kappa shape index (κ3) is 5.91. The topological polar surface area (TPSA) is 44.4 Å². The first-order valence-electron chi connectivity index (χ1n) is 7.95. The van der Waals surface area contributed by atoms with Crippen LogP contribution in [0.25, 0.3) is 0 Å². The lowest BCUT2D eigenvalue weighted by molar-refractivity contribution is -0.123. The Balaban J connectivity index is 2.44. The van der Waals surface area contributed by atoms with Gasteiger partial charge in [0.1, 0.15) is 0 Å². The van der Waals surface area contributed by atoms with Crippen molar-refractivity contribution in [2.75, 3.05) is 26.2 Å². The highest BCUT2D eigenvalue weighted by molar-refractivity contribution is 5.78. The third-order valence-corrected chi connectivity index (χ3v) is 4.03. The van der Waals surface area contributed by atoms with Crippen molar-refractivity contribution >= 4 is 5.91 Å². The van der Waals surface area contributed by atoms with E-state index in [4.69, 9.17) is 0 Å². The lowest BCUT2D eigenvalue weighted by atomic mass is 10.0. The number of hydrogen-bond acceptors (Lipinski definition) is 3. The largest absolute Gasteiger partial charge is 0.352 e. The third-order valence-electron chi connectivity index (χ3n) is 4.03. The Kier molecular flexibility index (Phi) is 8.07. The zero-order valence-electron chi connectivity index (χ0n) is 12.9. The second-order valence-electron chi connectivity index (χ2n) is 5.53. The van der Waals surface area contributed by atoms with Crippen molar-refractivity contribution in [2.24, 2.45) is 0 Å². The normalized spacial score (nSPS) is 17.1. The van der Waals surface area contributed by atoms with E-state index in [0.29, 0.717) is 18.6 Å². The van der Waals surface area contributed by atoms with E-state index in [2.05, 4.69) is 36.3 Å². The Morgan fingerprint density at radius 1 is 1.26 bits per heavy atom. The number of nitrogens with zero attached hydrogens (tertiary/aromatic N) is 1. The first-order chi connectivity index (χ1) is 9.21. The van der Waals surface area contributed by atoms with Gasteiger partial charge in [0, 0.05) is 12.1 Å². The molecule has 1 aliphatic heterocycles. The molecule has 1 saturated heterocycles. The van der Waals surface area contributed by atoms with Gasteiger partial charge in [-0.15, -0.1) is 0 Å². The molecule has 1 fully saturated rings. The number of piperidine rings is 1. The quantitative estimate of drug-likeness (QED) is 0.706. The monoisotopic (exact) mass is 269 g/mol. The van der Waals surface area contributed by atoms with Crippen molar-refractivity contribution < 1.29 is 4.79 Å². The highest BCUT2D eigenvalue weighted by Crippen LogP contribution is 2.12. The van der Waals surface area contributed by atoms with Gasteiger partial charge in [0.2, 0.25) is 5.91 Å². The van der Waals surface area contributed by atoms with Crippen molar-refractivity contribution in [3.63, 3.8) is 0 Å². The molecule has 1 rings (SSSR count). The average molecular weight is 269 g/mol. The van der Waals surface area contributed by atoms with Crippen LogP contribution in [0.4, 0.5) is 0 Å². The summed E-state index contributed by atoms with van der Waals surface area (Å²) in [5.41, 5.74) is 0. The maximum Gasteiger partial charge on any atom is 0.234 e. The number of carbonyl (C=O) groups excluding carboxylic acids is 1. The summed E-state index contributed by atoms with van der Waals surface area (Å²) >= 11 is 0. The van der Waals surface area contributed by atoms with Gasteiger partial charge in [0.05, 0.1) is 6.54 Å². The van der Waals surface area contributed by atoms with Crippen molar-refractivity contribution in [3.8, 4) is 0 Å². The summed E-state index contributed by atoms with van der Waals surface area (Å²) in [6, 6.07) is 0.914. The fourth-order valence-corrected chi connectivity index (χ4v) is 2.80. The highest BCUT2D eigenvalue weighted by Gasteiger charge is 2.22. The minimum atomic E-state index is 0.195. The first-order valence-corrected chi connectivity index (χ1v) is 7.95. The zero-order valence-corrected chi connectivity index (χ0v) is 12.9. The van der Waals surface area contributed by atoms with Crippen molar-refractivity contribution in [3.05, 3.63) is 0 Å². The maximum absolute atomic E-state index is 12.1. The molecule has 0 saturated carbocycles. The molecule has 112 valence electrons. The summed E-state index contributed by atoms with van der Waals surface area (Å²) in [7, 11) is 0. The van der Waals surface area contributed by atoms with E-state index in [1.165, 1.54) is 0 Å². The van der Waals surface area contributed by atoms with Gasteiger partial charge in [-0.05, 0) is 51.7 Å². The number of amides is 1. The summed E-state index contributed by atoms with van der Waals surface area (Å²) in [6.07, 6.45) is 5.48. The molecular formula is C15H31N3O. The standard InChI is InChI=1S/C15H31N3O/c1-4-11-18(14-7-9-16-10-8-14)12-15(19)17-13(5-2)6-3/h13-14,16H,4-12H2,1-3H3,(H,17,19). The van der Waals surface area contributed by atoms with Crippen LogP contribution < -0.4 is 10.6 Å². The van der Waals surface area contributed by atoms with Crippen LogP contribution in [0.2, 0.25) is 0 Å². The van der Waals surface area contributed by atoms with Crippen LogP contribution in [-0.4, -0.2) is 49.1 Å². The fourth-order valence-electron chi connectivity index (χ4n) is 2.80. The van der Waals surface area contributed by atoms with Gasteiger partial charge in [-0.3, -0.25) is 9.69 Å². The predicted molar refractivity (Wildman–Crippen MR) is 80.3 cm³/mol. The van der Waals surface area contributed by atoms with Crippen LogP contribution in [0.3, 0.4) is 0 Å². The first kappa shape index (κ1) is 16.4. The van der Waals surface area contributed by atoms with Crippen LogP contribution >= 0.6 is 0 Å². The summed E-state index contributed by atoms with van der Waals surface area (Å²) in [4.78, 5) is 14.5. The van der Waals surface area contributed by atoms with Crippen LogP contribution in [0, 0.1) is 0 Å². The molecule has 4 heteroatoms. The number of nitrogens with one attached hydrogen (secondary N) is 2. The second kappa shape index (κ2) is 9.32. The van der Waals surface area contributed by atoms with Gasteiger partial charge in [-0.2, -0.15) is 0 Å². The zero-order chi connectivity index (χ0) is 14.1. The second-order valence-corrected chi connectivity index (χ2v) is 5.53. The van der Waals surface area contributed by atoms with E-state index in [0.717, 1.165) is 51.7 Å². The minimum Gasteiger partial charge on any atom is -0.352 e. The Morgan fingerprint density at radius 3 is 2.42 bits per heavy atom. The molecule has 2 N–H and O–H groups in total. The molecular weight excluding hydrogens is 238 g/mol. The molecule has 1 aliphatic rings. The Morgan fingerprint density at radius 2 is 1.89 bits per heavy atom. The SMILES string of the molecule is CCCN(CC(=O)NC(CC)CC)C1CCNCC1. The van der Waals surface area contributed by atoms with Crippen LogP contribution in [0.1, 0.15) is 52.9 Å². The van der Waals surface area contributed by atoms with E-state index in [-0.39, 0.29) is 5.91 Å². The molecule has 0 atom stereocenters. The number of carbonyl (C=O) groups is 1. The molecule has 0 radical (unpaired) electrons. The fraction of sp³-hybridized carbons (Fsp3) is 0.933. The van der Waals surface area contributed by atoms with Crippen LogP contribution in [0.15, 0.2) is 0 Å². The van der Waals surface area contributed by atoms with Gasteiger partial charge in [0.25, 0.3) is 0 Å². The van der Waals surface area contributed by atoms with Gasteiger partial charge in [-0.25, -0.2) is 0 Å². The van der Waals surface area contributed by atoms with E-state index in [1.807, 2.05) is 0 Å². The van der Waals surface area contributed by atoms with E-state index in [1.54, 1.807) is 0 Å². The Hall–Kier alpha value is -0.610.